The molecule has 0 radical (unpaired) electrons. The van der Waals surface area contributed by atoms with Crippen LogP contribution in [-0.4, -0.2) is 11.8 Å². The summed E-state index contributed by atoms with van der Waals surface area (Å²) in [5.74, 6) is -0.297. The molecule has 0 aromatic heterocycles. The van der Waals surface area contributed by atoms with Gasteiger partial charge in [0.2, 0.25) is 5.91 Å². The number of carbonyl (C=O) groups is 2. The summed E-state index contributed by atoms with van der Waals surface area (Å²) in [6.07, 6.45) is 1.23. The molecule has 0 saturated heterocycles. The monoisotopic (exact) mass is 360 g/mol. The van der Waals surface area contributed by atoms with E-state index in [0.29, 0.717) is 23.4 Å². The lowest BCUT2D eigenvalue weighted by molar-refractivity contribution is -0.116. The summed E-state index contributed by atoms with van der Waals surface area (Å²) in [7, 11) is 0. The minimum atomic E-state index is -0.232. The van der Waals surface area contributed by atoms with Crippen LogP contribution in [0.3, 0.4) is 0 Å². The summed E-state index contributed by atoms with van der Waals surface area (Å²) in [5, 5.41) is 5.65. The van der Waals surface area contributed by atoms with Gasteiger partial charge in [0.25, 0.3) is 5.91 Å². The number of hydrogen-bond acceptors (Lipinski definition) is 2. The van der Waals surface area contributed by atoms with E-state index >= 15 is 0 Å². The number of hydrogen-bond donors (Lipinski definition) is 2. The molecule has 0 unspecified atom stereocenters. The van der Waals surface area contributed by atoms with Crippen LogP contribution >= 0.6 is 15.9 Å². The maximum absolute atomic E-state index is 12.3. The van der Waals surface area contributed by atoms with E-state index < -0.39 is 0 Å². The summed E-state index contributed by atoms with van der Waals surface area (Å²) < 4.78 is 0.722. The molecule has 22 heavy (non-hydrogen) atoms. The highest BCUT2D eigenvalue weighted by Crippen LogP contribution is 2.23. The van der Waals surface area contributed by atoms with Gasteiger partial charge in [-0.15, -0.1) is 0 Å². The Morgan fingerprint density at radius 1 is 0.955 bits per heavy atom. The van der Waals surface area contributed by atoms with Crippen molar-refractivity contribution in [2.24, 2.45) is 0 Å². The first-order chi connectivity index (χ1) is 10.6. The second-order valence-electron chi connectivity index (χ2n) is 4.78. The fourth-order valence-corrected chi connectivity index (χ4v) is 2.44. The Kier molecular flexibility index (Phi) is 5.72. The van der Waals surface area contributed by atoms with Crippen LogP contribution in [0.5, 0.6) is 0 Å². The number of benzene rings is 2. The average molecular weight is 361 g/mol. The maximum atomic E-state index is 12.3. The van der Waals surface area contributed by atoms with Crippen molar-refractivity contribution in [3.63, 3.8) is 0 Å². The van der Waals surface area contributed by atoms with Gasteiger partial charge in [0, 0.05) is 10.9 Å². The van der Waals surface area contributed by atoms with Crippen molar-refractivity contribution < 1.29 is 9.59 Å². The Bertz CT molecular complexity index is 686. The summed E-state index contributed by atoms with van der Waals surface area (Å²) in [6.45, 7) is 1.94. The van der Waals surface area contributed by atoms with E-state index in [0.717, 1.165) is 10.9 Å². The van der Waals surface area contributed by atoms with E-state index in [4.69, 9.17) is 0 Å². The van der Waals surface area contributed by atoms with Gasteiger partial charge in [-0.3, -0.25) is 9.59 Å². The molecule has 5 heteroatoms. The maximum Gasteiger partial charge on any atom is 0.256 e. The molecule has 2 aromatic carbocycles. The number of amides is 2. The number of para-hydroxylation sites is 2. The molecule has 114 valence electrons. The molecule has 2 rings (SSSR count). The number of carbonyl (C=O) groups excluding carboxylic acids is 2. The van der Waals surface area contributed by atoms with Crippen LogP contribution in [0.4, 0.5) is 11.4 Å². The van der Waals surface area contributed by atoms with Crippen LogP contribution in [-0.2, 0) is 4.79 Å². The third kappa shape index (κ3) is 4.18. The number of halogens is 1. The van der Waals surface area contributed by atoms with Gasteiger partial charge in [-0.05, 0) is 46.6 Å². The highest BCUT2D eigenvalue weighted by molar-refractivity contribution is 9.10. The zero-order valence-electron chi connectivity index (χ0n) is 12.2. The Hall–Kier alpha value is -2.14. The minimum Gasteiger partial charge on any atom is -0.324 e. The largest absolute Gasteiger partial charge is 0.324 e. The molecule has 0 aliphatic rings. The van der Waals surface area contributed by atoms with E-state index in [1.807, 2.05) is 31.2 Å². The van der Waals surface area contributed by atoms with Crippen molar-refractivity contribution in [1.82, 2.24) is 0 Å². The molecule has 4 nitrogen and oxygen atoms in total. The number of anilines is 2. The van der Waals surface area contributed by atoms with E-state index in [1.54, 1.807) is 24.3 Å². The van der Waals surface area contributed by atoms with Gasteiger partial charge in [0.15, 0.2) is 0 Å². The quantitative estimate of drug-likeness (QED) is 0.827. The molecular formula is C17H17BrN2O2. The third-order valence-electron chi connectivity index (χ3n) is 3.04. The van der Waals surface area contributed by atoms with Gasteiger partial charge in [-0.2, -0.15) is 0 Å². The minimum absolute atomic E-state index is 0.0647. The SMILES string of the molecule is CCCC(=O)Nc1ccccc1NC(=O)c1ccccc1Br. The lowest BCUT2D eigenvalue weighted by Gasteiger charge is -2.12. The van der Waals surface area contributed by atoms with Crippen LogP contribution in [0.15, 0.2) is 53.0 Å². The van der Waals surface area contributed by atoms with Gasteiger partial charge in [0.1, 0.15) is 0 Å². The van der Waals surface area contributed by atoms with Crippen molar-refractivity contribution in [2.75, 3.05) is 10.6 Å². The third-order valence-corrected chi connectivity index (χ3v) is 3.74. The molecule has 0 heterocycles. The topological polar surface area (TPSA) is 58.2 Å². The second kappa shape index (κ2) is 7.75. The Morgan fingerprint density at radius 2 is 1.55 bits per heavy atom. The van der Waals surface area contributed by atoms with Crippen molar-refractivity contribution in [3.05, 3.63) is 58.6 Å². The molecular weight excluding hydrogens is 344 g/mol. The fraction of sp³-hybridized carbons (Fsp3) is 0.176. The number of rotatable bonds is 5. The predicted molar refractivity (Wildman–Crippen MR) is 92.1 cm³/mol. The van der Waals surface area contributed by atoms with Gasteiger partial charge < -0.3 is 10.6 Å². The zero-order chi connectivity index (χ0) is 15.9. The Morgan fingerprint density at radius 3 is 2.18 bits per heavy atom. The Labute approximate surface area is 138 Å². The van der Waals surface area contributed by atoms with E-state index in [-0.39, 0.29) is 11.8 Å². The average Bonchev–Trinajstić information content (AvgIpc) is 2.50. The first-order valence-corrected chi connectivity index (χ1v) is 7.86. The first kappa shape index (κ1) is 16.2. The van der Waals surface area contributed by atoms with Crippen LogP contribution < -0.4 is 10.6 Å². The lowest BCUT2D eigenvalue weighted by atomic mass is 10.2. The van der Waals surface area contributed by atoms with Crippen molar-refractivity contribution in [3.8, 4) is 0 Å². The molecule has 0 fully saturated rings. The number of nitrogens with one attached hydrogen (secondary N) is 2. The van der Waals surface area contributed by atoms with Gasteiger partial charge in [0.05, 0.1) is 16.9 Å². The molecule has 0 aliphatic carbocycles. The normalized spacial score (nSPS) is 10.1. The summed E-state index contributed by atoms with van der Waals surface area (Å²) in [4.78, 5) is 24.1. The van der Waals surface area contributed by atoms with E-state index in [9.17, 15) is 9.59 Å². The molecule has 0 atom stereocenters. The van der Waals surface area contributed by atoms with Crippen LogP contribution in [0.1, 0.15) is 30.1 Å². The first-order valence-electron chi connectivity index (χ1n) is 7.06. The predicted octanol–water partition coefficient (Wildman–Crippen LogP) is 4.44. The van der Waals surface area contributed by atoms with Crippen LogP contribution in [0, 0.1) is 0 Å². The molecule has 0 saturated carbocycles. The summed E-state index contributed by atoms with van der Waals surface area (Å²) >= 11 is 3.36. The van der Waals surface area contributed by atoms with Crippen LogP contribution in [0.25, 0.3) is 0 Å². The summed E-state index contributed by atoms with van der Waals surface area (Å²) in [6, 6.07) is 14.3. The molecule has 2 amide bonds. The summed E-state index contributed by atoms with van der Waals surface area (Å²) in [5.41, 5.74) is 1.71. The highest BCUT2D eigenvalue weighted by atomic mass is 79.9. The molecule has 0 bridgehead atoms. The standard InChI is InChI=1S/C17H17BrN2O2/c1-2-7-16(21)19-14-10-5-6-11-15(14)20-17(22)12-8-3-4-9-13(12)18/h3-6,8-11H,2,7H2,1H3,(H,19,21)(H,20,22). The molecule has 0 aliphatic heterocycles. The van der Waals surface area contributed by atoms with Gasteiger partial charge in [-0.25, -0.2) is 0 Å². The smallest absolute Gasteiger partial charge is 0.256 e. The van der Waals surface area contributed by atoms with E-state index in [2.05, 4.69) is 26.6 Å². The highest BCUT2D eigenvalue weighted by Gasteiger charge is 2.12. The lowest BCUT2D eigenvalue weighted by Crippen LogP contribution is -2.16. The van der Waals surface area contributed by atoms with Gasteiger partial charge >= 0.3 is 0 Å². The molecule has 0 spiro atoms. The van der Waals surface area contributed by atoms with Crippen LogP contribution in [0.2, 0.25) is 0 Å². The molecule has 2 N–H and O–H groups in total. The Balaban J connectivity index is 2.18. The second-order valence-corrected chi connectivity index (χ2v) is 5.63. The zero-order valence-corrected chi connectivity index (χ0v) is 13.8. The van der Waals surface area contributed by atoms with Crippen molar-refractivity contribution >= 4 is 39.1 Å². The van der Waals surface area contributed by atoms with Crippen molar-refractivity contribution in [2.45, 2.75) is 19.8 Å². The van der Waals surface area contributed by atoms with E-state index in [1.165, 1.54) is 0 Å². The van der Waals surface area contributed by atoms with Crippen molar-refractivity contribution in [1.29, 1.82) is 0 Å². The van der Waals surface area contributed by atoms with Gasteiger partial charge in [-0.1, -0.05) is 31.2 Å². The molecule has 2 aromatic rings. The fourth-order valence-electron chi connectivity index (χ4n) is 1.98.